The third kappa shape index (κ3) is 1.81. The Balaban J connectivity index is 1.93. The van der Waals surface area contributed by atoms with Gasteiger partial charge in [0.1, 0.15) is 5.82 Å². The van der Waals surface area contributed by atoms with Crippen molar-refractivity contribution in [3.05, 3.63) is 35.4 Å². The highest BCUT2D eigenvalue weighted by molar-refractivity contribution is 6.30. The van der Waals surface area contributed by atoms with Crippen LogP contribution in [0, 0.1) is 0 Å². The average molecular weight is 237 g/mol. The molecule has 1 saturated heterocycles. The van der Waals surface area contributed by atoms with Crippen molar-refractivity contribution in [2.75, 3.05) is 6.61 Å². The molecule has 0 aliphatic carbocycles. The van der Waals surface area contributed by atoms with Crippen molar-refractivity contribution in [1.82, 2.24) is 9.38 Å². The van der Waals surface area contributed by atoms with E-state index in [1.54, 1.807) is 0 Å². The fraction of sp³-hybridized carbons (Fsp3) is 0.417. The van der Waals surface area contributed by atoms with E-state index in [2.05, 4.69) is 4.98 Å². The molecule has 1 unspecified atom stereocenters. The molecule has 4 heteroatoms. The summed E-state index contributed by atoms with van der Waals surface area (Å²) >= 11 is 5.98. The summed E-state index contributed by atoms with van der Waals surface area (Å²) in [4.78, 5) is 4.42. The highest BCUT2D eigenvalue weighted by Crippen LogP contribution is 2.19. The van der Waals surface area contributed by atoms with Crippen LogP contribution in [-0.4, -0.2) is 22.1 Å². The van der Waals surface area contributed by atoms with Crippen LogP contribution in [0.15, 0.2) is 24.5 Å². The van der Waals surface area contributed by atoms with Gasteiger partial charge in [-0.3, -0.25) is 0 Å². The SMILES string of the molecule is Clc1ccc2cnc(CC3CCCO3)n2c1. The number of nitrogens with zero attached hydrogens (tertiary/aromatic N) is 2. The molecule has 3 nitrogen and oxygen atoms in total. The van der Waals surface area contributed by atoms with Crippen molar-refractivity contribution in [3.8, 4) is 0 Å². The van der Waals surface area contributed by atoms with Crippen molar-refractivity contribution in [3.63, 3.8) is 0 Å². The molecular formula is C12H13ClN2O. The van der Waals surface area contributed by atoms with Crippen LogP contribution in [0.1, 0.15) is 18.7 Å². The molecule has 2 aromatic rings. The van der Waals surface area contributed by atoms with Gasteiger partial charge in [-0.2, -0.15) is 0 Å². The van der Waals surface area contributed by atoms with Crippen LogP contribution >= 0.6 is 11.6 Å². The molecule has 0 spiro atoms. The number of imidazole rings is 1. The maximum atomic E-state index is 5.98. The van der Waals surface area contributed by atoms with Gasteiger partial charge in [0.15, 0.2) is 0 Å². The monoisotopic (exact) mass is 236 g/mol. The first kappa shape index (κ1) is 10.1. The minimum Gasteiger partial charge on any atom is -0.378 e. The molecule has 0 saturated carbocycles. The molecule has 1 atom stereocenters. The predicted octanol–water partition coefficient (Wildman–Crippen LogP) is 2.71. The van der Waals surface area contributed by atoms with Crippen LogP contribution in [0.5, 0.6) is 0 Å². The van der Waals surface area contributed by atoms with Crippen LogP contribution in [0.2, 0.25) is 5.02 Å². The Hall–Kier alpha value is -1.06. The molecule has 16 heavy (non-hydrogen) atoms. The Labute approximate surface area is 99.0 Å². The Morgan fingerprint density at radius 1 is 1.50 bits per heavy atom. The van der Waals surface area contributed by atoms with Gasteiger partial charge < -0.3 is 9.14 Å². The normalized spacial score (nSPS) is 20.7. The third-order valence-corrected chi connectivity index (χ3v) is 3.23. The maximum absolute atomic E-state index is 5.98. The van der Waals surface area contributed by atoms with Crippen molar-refractivity contribution < 1.29 is 4.74 Å². The molecule has 0 N–H and O–H groups in total. The van der Waals surface area contributed by atoms with Crippen LogP contribution in [0.25, 0.3) is 5.52 Å². The van der Waals surface area contributed by atoms with Crippen molar-refractivity contribution in [2.24, 2.45) is 0 Å². The molecule has 3 heterocycles. The second-order valence-electron chi connectivity index (χ2n) is 4.16. The first-order valence-electron chi connectivity index (χ1n) is 5.56. The van der Waals surface area contributed by atoms with Gasteiger partial charge in [0.05, 0.1) is 22.8 Å². The standard InChI is InChI=1S/C12H13ClN2O/c13-9-3-4-10-7-14-12(15(10)8-9)6-11-2-1-5-16-11/h3-4,7-8,11H,1-2,5-6H2. The number of aromatic nitrogens is 2. The van der Waals surface area contributed by atoms with Gasteiger partial charge in [0.2, 0.25) is 0 Å². The summed E-state index contributed by atoms with van der Waals surface area (Å²) in [6.45, 7) is 0.884. The largest absolute Gasteiger partial charge is 0.378 e. The number of fused-ring (bicyclic) bond motifs is 1. The molecule has 3 rings (SSSR count). The Morgan fingerprint density at radius 2 is 2.44 bits per heavy atom. The average Bonchev–Trinajstić information content (AvgIpc) is 2.90. The van der Waals surface area contributed by atoms with Gasteiger partial charge in [0, 0.05) is 19.2 Å². The van der Waals surface area contributed by atoms with Gasteiger partial charge in [-0.1, -0.05) is 11.6 Å². The van der Waals surface area contributed by atoms with Crippen molar-refractivity contribution in [1.29, 1.82) is 0 Å². The minimum absolute atomic E-state index is 0.324. The van der Waals surface area contributed by atoms with Crippen LogP contribution < -0.4 is 0 Å². The Kier molecular flexibility index (Phi) is 2.58. The number of rotatable bonds is 2. The molecule has 1 aliphatic rings. The summed E-state index contributed by atoms with van der Waals surface area (Å²) in [6.07, 6.45) is 7.28. The number of hydrogen-bond acceptors (Lipinski definition) is 2. The summed E-state index contributed by atoms with van der Waals surface area (Å²) in [5.41, 5.74) is 1.08. The van der Waals surface area contributed by atoms with E-state index < -0.39 is 0 Å². The molecule has 0 bridgehead atoms. The fourth-order valence-corrected chi connectivity index (χ4v) is 2.34. The lowest BCUT2D eigenvalue weighted by Crippen LogP contribution is -2.11. The van der Waals surface area contributed by atoms with Crippen LogP contribution in [0.3, 0.4) is 0 Å². The van der Waals surface area contributed by atoms with Gasteiger partial charge in [-0.25, -0.2) is 4.98 Å². The smallest absolute Gasteiger partial charge is 0.115 e. The zero-order valence-electron chi connectivity index (χ0n) is 8.90. The number of pyridine rings is 1. The number of ether oxygens (including phenoxy) is 1. The minimum atomic E-state index is 0.324. The van der Waals surface area contributed by atoms with Gasteiger partial charge in [0.25, 0.3) is 0 Å². The van der Waals surface area contributed by atoms with E-state index in [4.69, 9.17) is 16.3 Å². The fourth-order valence-electron chi connectivity index (χ4n) is 2.18. The Bertz CT molecular complexity index is 503. The molecule has 1 aliphatic heterocycles. The van der Waals surface area contributed by atoms with Gasteiger partial charge in [-0.05, 0) is 25.0 Å². The lowest BCUT2D eigenvalue weighted by atomic mass is 10.2. The second kappa shape index (κ2) is 4.07. The molecule has 0 aromatic carbocycles. The van der Waals surface area contributed by atoms with E-state index in [-0.39, 0.29) is 0 Å². The lowest BCUT2D eigenvalue weighted by molar-refractivity contribution is 0.110. The van der Waals surface area contributed by atoms with Crippen molar-refractivity contribution >= 4 is 17.1 Å². The predicted molar refractivity (Wildman–Crippen MR) is 62.9 cm³/mol. The highest BCUT2D eigenvalue weighted by atomic mass is 35.5. The number of hydrogen-bond donors (Lipinski definition) is 0. The highest BCUT2D eigenvalue weighted by Gasteiger charge is 2.18. The van der Waals surface area contributed by atoms with E-state index in [1.807, 2.05) is 28.9 Å². The third-order valence-electron chi connectivity index (χ3n) is 3.00. The molecule has 0 amide bonds. The second-order valence-corrected chi connectivity index (χ2v) is 4.59. The zero-order chi connectivity index (χ0) is 11.0. The van der Waals surface area contributed by atoms with Crippen LogP contribution in [0.4, 0.5) is 0 Å². The van der Waals surface area contributed by atoms with E-state index in [0.29, 0.717) is 6.10 Å². The summed E-state index contributed by atoms with van der Waals surface area (Å²) in [5.74, 6) is 1.03. The number of halogens is 1. The lowest BCUT2D eigenvalue weighted by Gasteiger charge is -2.08. The van der Waals surface area contributed by atoms with Crippen LogP contribution in [-0.2, 0) is 11.2 Å². The summed E-state index contributed by atoms with van der Waals surface area (Å²) < 4.78 is 7.66. The van der Waals surface area contributed by atoms with E-state index in [9.17, 15) is 0 Å². The first-order chi connectivity index (χ1) is 7.83. The summed E-state index contributed by atoms with van der Waals surface area (Å²) in [7, 11) is 0. The van der Waals surface area contributed by atoms with Gasteiger partial charge in [-0.15, -0.1) is 0 Å². The molecule has 2 aromatic heterocycles. The Morgan fingerprint density at radius 3 is 3.25 bits per heavy atom. The topological polar surface area (TPSA) is 26.5 Å². The summed E-state index contributed by atoms with van der Waals surface area (Å²) in [6, 6.07) is 3.86. The van der Waals surface area contributed by atoms with E-state index in [1.165, 1.54) is 0 Å². The quantitative estimate of drug-likeness (QED) is 0.802. The zero-order valence-corrected chi connectivity index (χ0v) is 9.65. The van der Waals surface area contributed by atoms with Crippen molar-refractivity contribution in [2.45, 2.75) is 25.4 Å². The van der Waals surface area contributed by atoms with E-state index in [0.717, 1.165) is 42.2 Å². The maximum Gasteiger partial charge on any atom is 0.115 e. The molecule has 84 valence electrons. The first-order valence-corrected chi connectivity index (χ1v) is 5.94. The molecule has 1 fully saturated rings. The molecule has 0 radical (unpaired) electrons. The van der Waals surface area contributed by atoms with Gasteiger partial charge >= 0.3 is 0 Å². The molecular weight excluding hydrogens is 224 g/mol. The van der Waals surface area contributed by atoms with E-state index >= 15 is 0 Å². The summed E-state index contributed by atoms with van der Waals surface area (Å²) in [5, 5.41) is 0.735.